The SMILES string of the molecule is N#CC(CCl)Cc1nccs1. The highest BCUT2D eigenvalue weighted by Gasteiger charge is 2.07. The third kappa shape index (κ3) is 2.49. The average molecular weight is 187 g/mol. The molecule has 1 aromatic rings. The molecule has 0 saturated carbocycles. The van der Waals surface area contributed by atoms with Gasteiger partial charge >= 0.3 is 0 Å². The summed E-state index contributed by atoms with van der Waals surface area (Å²) in [7, 11) is 0. The van der Waals surface area contributed by atoms with Gasteiger partial charge in [0, 0.05) is 23.9 Å². The minimum Gasteiger partial charge on any atom is -0.250 e. The van der Waals surface area contributed by atoms with Crippen LogP contribution in [0.25, 0.3) is 0 Å². The Labute approximate surface area is 74.4 Å². The van der Waals surface area contributed by atoms with E-state index in [0.717, 1.165) is 5.01 Å². The van der Waals surface area contributed by atoms with Gasteiger partial charge in [-0.15, -0.1) is 22.9 Å². The lowest BCUT2D eigenvalue weighted by Gasteiger charge is -1.98. The van der Waals surface area contributed by atoms with Crippen molar-refractivity contribution >= 4 is 22.9 Å². The molecule has 0 spiro atoms. The molecule has 0 aliphatic heterocycles. The van der Waals surface area contributed by atoms with Gasteiger partial charge in [-0.1, -0.05) is 0 Å². The highest BCUT2D eigenvalue weighted by Crippen LogP contribution is 2.11. The monoisotopic (exact) mass is 186 g/mol. The van der Waals surface area contributed by atoms with Crippen molar-refractivity contribution in [3.05, 3.63) is 16.6 Å². The molecular weight excluding hydrogens is 180 g/mol. The molecule has 0 aliphatic rings. The molecule has 58 valence electrons. The molecule has 0 fully saturated rings. The van der Waals surface area contributed by atoms with E-state index in [1.807, 2.05) is 5.38 Å². The fourth-order valence-electron chi connectivity index (χ4n) is 0.699. The largest absolute Gasteiger partial charge is 0.250 e. The molecule has 11 heavy (non-hydrogen) atoms. The summed E-state index contributed by atoms with van der Waals surface area (Å²) < 4.78 is 0. The molecule has 4 heteroatoms. The second-order valence-corrected chi connectivity index (χ2v) is 3.40. The van der Waals surface area contributed by atoms with Crippen LogP contribution in [0, 0.1) is 17.2 Å². The summed E-state index contributed by atoms with van der Waals surface area (Å²) in [6, 6.07) is 2.12. The molecule has 1 heterocycles. The number of aromatic nitrogens is 1. The zero-order valence-electron chi connectivity index (χ0n) is 5.83. The van der Waals surface area contributed by atoms with Crippen molar-refractivity contribution < 1.29 is 0 Å². The summed E-state index contributed by atoms with van der Waals surface area (Å²) in [6.07, 6.45) is 2.42. The molecule has 0 aliphatic carbocycles. The van der Waals surface area contributed by atoms with Gasteiger partial charge in [0.2, 0.25) is 0 Å². The Hall–Kier alpha value is -0.590. The number of alkyl halides is 1. The zero-order valence-corrected chi connectivity index (χ0v) is 7.40. The van der Waals surface area contributed by atoms with Crippen molar-refractivity contribution in [2.24, 2.45) is 5.92 Å². The van der Waals surface area contributed by atoms with Crippen LogP contribution >= 0.6 is 22.9 Å². The molecule has 1 rings (SSSR count). The van der Waals surface area contributed by atoms with Crippen LogP contribution < -0.4 is 0 Å². The van der Waals surface area contributed by atoms with Crippen molar-refractivity contribution in [2.75, 3.05) is 5.88 Å². The van der Waals surface area contributed by atoms with E-state index < -0.39 is 0 Å². The molecule has 0 aromatic carbocycles. The maximum Gasteiger partial charge on any atom is 0.0938 e. The number of halogens is 1. The van der Waals surface area contributed by atoms with E-state index >= 15 is 0 Å². The third-order valence-electron chi connectivity index (χ3n) is 1.27. The molecular formula is C7H7ClN2S. The van der Waals surface area contributed by atoms with E-state index in [2.05, 4.69) is 11.1 Å². The summed E-state index contributed by atoms with van der Waals surface area (Å²) in [4.78, 5) is 4.06. The summed E-state index contributed by atoms with van der Waals surface area (Å²) in [5.74, 6) is 0.290. The topological polar surface area (TPSA) is 36.7 Å². The van der Waals surface area contributed by atoms with E-state index in [1.54, 1.807) is 17.5 Å². The van der Waals surface area contributed by atoms with Crippen molar-refractivity contribution in [1.82, 2.24) is 4.98 Å². The van der Waals surface area contributed by atoms with Gasteiger partial charge in [-0.25, -0.2) is 4.98 Å². The minimum atomic E-state index is -0.0946. The van der Waals surface area contributed by atoms with Crippen LogP contribution in [-0.2, 0) is 6.42 Å². The Kier molecular flexibility index (Phi) is 3.34. The predicted octanol–water partition coefficient (Wildman–Crippen LogP) is 2.06. The van der Waals surface area contributed by atoms with Gasteiger partial charge in [0.15, 0.2) is 0 Å². The first-order chi connectivity index (χ1) is 5.36. The lowest BCUT2D eigenvalue weighted by Crippen LogP contribution is -2.02. The quantitative estimate of drug-likeness (QED) is 0.678. The van der Waals surface area contributed by atoms with Gasteiger partial charge in [0.1, 0.15) is 0 Å². The van der Waals surface area contributed by atoms with Crippen LogP contribution in [0.3, 0.4) is 0 Å². The Morgan fingerprint density at radius 3 is 3.09 bits per heavy atom. The van der Waals surface area contributed by atoms with E-state index in [1.165, 1.54) is 0 Å². The van der Waals surface area contributed by atoms with E-state index in [9.17, 15) is 0 Å². The van der Waals surface area contributed by atoms with Crippen molar-refractivity contribution in [1.29, 1.82) is 5.26 Å². The number of rotatable bonds is 3. The summed E-state index contributed by atoms with van der Waals surface area (Å²) in [6.45, 7) is 0. The molecule has 1 aromatic heterocycles. The Balaban J connectivity index is 2.49. The number of thiazole rings is 1. The normalized spacial score (nSPS) is 12.4. The molecule has 1 atom stereocenters. The molecule has 0 N–H and O–H groups in total. The Morgan fingerprint density at radius 2 is 2.64 bits per heavy atom. The second-order valence-electron chi connectivity index (χ2n) is 2.11. The fraction of sp³-hybridized carbons (Fsp3) is 0.429. The Morgan fingerprint density at radius 1 is 1.82 bits per heavy atom. The van der Waals surface area contributed by atoms with Gasteiger partial charge in [-0.05, 0) is 0 Å². The standard InChI is InChI=1S/C7H7ClN2S/c8-4-6(5-9)3-7-10-1-2-11-7/h1-2,6H,3-4H2. The summed E-state index contributed by atoms with van der Waals surface area (Å²) >= 11 is 7.10. The molecule has 1 unspecified atom stereocenters. The minimum absolute atomic E-state index is 0.0946. The van der Waals surface area contributed by atoms with E-state index in [4.69, 9.17) is 16.9 Å². The average Bonchev–Trinajstić information content (AvgIpc) is 2.52. The number of hydrogen-bond donors (Lipinski definition) is 0. The molecule has 2 nitrogen and oxygen atoms in total. The highest BCUT2D eigenvalue weighted by atomic mass is 35.5. The third-order valence-corrected chi connectivity index (χ3v) is 2.45. The van der Waals surface area contributed by atoms with Crippen LogP contribution in [0.2, 0.25) is 0 Å². The maximum atomic E-state index is 8.57. The molecule has 0 bridgehead atoms. The lowest BCUT2D eigenvalue weighted by molar-refractivity contribution is 0.741. The van der Waals surface area contributed by atoms with Crippen molar-refractivity contribution in [3.8, 4) is 6.07 Å². The first kappa shape index (κ1) is 8.51. The first-order valence-corrected chi connectivity index (χ1v) is 4.62. The van der Waals surface area contributed by atoms with Crippen LogP contribution in [0.1, 0.15) is 5.01 Å². The molecule has 0 amide bonds. The van der Waals surface area contributed by atoms with Gasteiger partial charge in [0.25, 0.3) is 0 Å². The zero-order chi connectivity index (χ0) is 8.10. The predicted molar refractivity (Wildman–Crippen MR) is 45.6 cm³/mol. The van der Waals surface area contributed by atoms with Crippen molar-refractivity contribution in [3.63, 3.8) is 0 Å². The van der Waals surface area contributed by atoms with Gasteiger partial charge < -0.3 is 0 Å². The van der Waals surface area contributed by atoms with Gasteiger partial charge in [-0.3, -0.25) is 0 Å². The maximum absolute atomic E-state index is 8.57. The van der Waals surface area contributed by atoms with E-state index in [0.29, 0.717) is 12.3 Å². The highest BCUT2D eigenvalue weighted by molar-refractivity contribution is 7.09. The number of nitriles is 1. The summed E-state index contributed by atoms with van der Waals surface area (Å²) in [5.41, 5.74) is 0. The summed E-state index contributed by atoms with van der Waals surface area (Å²) in [5, 5.41) is 11.5. The van der Waals surface area contributed by atoms with Crippen LogP contribution in [0.15, 0.2) is 11.6 Å². The van der Waals surface area contributed by atoms with Crippen molar-refractivity contribution in [2.45, 2.75) is 6.42 Å². The van der Waals surface area contributed by atoms with Crippen LogP contribution in [0.4, 0.5) is 0 Å². The smallest absolute Gasteiger partial charge is 0.0938 e. The fourth-order valence-corrected chi connectivity index (χ4v) is 1.58. The van der Waals surface area contributed by atoms with Gasteiger partial charge in [-0.2, -0.15) is 5.26 Å². The van der Waals surface area contributed by atoms with Crippen LogP contribution in [0.5, 0.6) is 0 Å². The number of nitrogens with zero attached hydrogens (tertiary/aromatic N) is 2. The Bertz CT molecular complexity index is 239. The number of hydrogen-bond acceptors (Lipinski definition) is 3. The van der Waals surface area contributed by atoms with E-state index in [-0.39, 0.29) is 5.92 Å². The first-order valence-electron chi connectivity index (χ1n) is 3.20. The lowest BCUT2D eigenvalue weighted by atomic mass is 10.1. The van der Waals surface area contributed by atoms with Crippen LogP contribution in [-0.4, -0.2) is 10.9 Å². The molecule has 0 radical (unpaired) electrons. The van der Waals surface area contributed by atoms with Gasteiger partial charge in [0.05, 0.1) is 17.0 Å². The second kappa shape index (κ2) is 4.32. The molecule has 0 saturated heterocycles.